The number of nitrogens with two attached hydrogens (primary N) is 1. The van der Waals surface area contributed by atoms with Gasteiger partial charge < -0.3 is 10.8 Å². The number of nitrogens with one attached hydrogen (secondary N) is 1. The van der Waals surface area contributed by atoms with E-state index in [4.69, 9.17) is 5.73 Å². The zero-order valence-corrected chi connectivity index (χ0v) is 10.4. The Bertz CT molecular complexity index is 304. The Morgan fingerprint density at radius 3 is 2.65 bits per heavy atom. The van der Waals surface area contributed by atoms with E-state index in [0.29, 0.717) is 13.0 Å². The van der Waals surface area contributed by atoms with Crippen LogP contribution in [-0.2, 0) is 4.79 Å². The summed E-state index contributed by atoms with van der Waals surface area (Å²) < 4.78 is 0. The first kappa shape index (κ1) is 13.9. The molecule has 0 bridgehead atoms. The number of rotatable bonds is 2. The minimum atomic E-state index is -0.830. The molecule has 0 aromatic rings. The molecule has 4 N–H and O–H groups in total. The molecule has 6 heteroatoms. The molecule has 0 spiro atoms. The normalized spacial score (nSPS) is 28.2. The molecule has 1 rings (SSSR count). The van der Waals surface area contributed by atoms with Gasteiger partial charge in [0.25, 0.3) is 0 Å². The Morgan fingerprint density at radius 2 is 2.06 bits per heavy atom. The first-order valence-corrected chi connectivity index (χ1v) is 5.88. The lowest BCUT2D eigenvalue weighted by Crippen LogP contribution is -2.48. The van der Waals surface area contributed by atoms with Gasteiger partial charge in [-0.15, -0.1) is 0 Å². The molecular formula is C11H21N3O3. The third-order valence-corrected chi connectivity index (χ3v) is 3.27. The number of primary amides is 1. The van der Waals surface area contributed by atoms with Gasteiger partial charge in [0.2, 0.25) is 5.91 Å². The molecule has 17 heavy (non-hydrogen) atoms. The Hall–Kier alpha value is -1.14. The number of nitrogens with zero attached hydrogens (tertiary/aromatic N) is 1. The van der Waals surface area contributed by atoms with Gasteiger partial charge in [-0.2, -0.15) is 0 Å². The van der Waals surface area contributed by atoms with Gasteiger partial charge in [-0.3, -0.25) is 15.0 Å². The third kappa shape index (κ3) is 4.32. The van der Waals surface area contributed by atoms with Crippen molar-refractivity contribution in [3.63, 3.8) is 0 Å². The number of carbonyl (C=O) groups excluding carboxylic acids is 2. The minimum absolute atomic E-state index is 0.390. The van der Waals surface area contributed by atoms with Gasteiger partial charge in [0.1, 0.15) is 0 Å². The van der Waals surface area contributed by atoms with Gasteiger partial charge in [-0.05, 0) is 39.7 Å². The zero-order valence-electron chi connectivity index (χ0n) is 10.4. The van der Waals surface area contributed by atoms with Crippen LogP contribution in [0, 0.1) is 0 Å². The lowest BCUT2D eigenvalue weighted by Gasteiger charge is -2.26. The van der Waals surface area contributed by atoms with Crippen LogP contribution in [0.5, 0.6) is 0 Å². The highest BCUT2D eigenvalue weighted by Gasteiger charge is 2.29. The zero-order chi connectivity index (χ0) is 13.1. The van der Waals surface area contributed by atoms with E-state index >= 15 is 0 Å². The van der Waals surface area contributed by atoms with Crippen molar-refractivity contribution in [2.75, 3.05) is 13.1 Å². The van der Waals surface area contributed by atoms with E-state index in [1.807, 2.05) is 11.8 Å². The van der Waals surface area contributed by atoms with Crippen LogP contribution in [0.25, 0.3) is 0 Å². The molecule has 1 saturated heterocycles. The van der Waals surface area contributed by atoms with Gasteiger partial charge in [0.15, 0.2) is 0 Å². The minimum Gasteiger partial charge on any atom is -0.390 e. The summed E-state index contributed by atoms with van der Waals surface area (Å²) in [6.45, 7) is 4.92. The average molecular weight is 243 g/mol. The number of urea groups is 1. The van der Waals surface area contributed by atoms with Gasteiger partial charge in [-0.1, -0.05) is 0 Å². The highest BCUT2D eigenvalue weighted by atomic mass is 16.3. The van der Waals surface area contributed by atoms with Crippen LogP contribution in [0.4, 0.5) is 4.79 Å². The third-order valence-electron chi connectivity index (χ3n) is 3.27. The highest BCUT2D eigenvalue weighted by molar-refractivity contribution is 5.96. The van der Waals surface area contributed by atoms with Gasteiger partial charge in [0, 0.05) is 6.54 Å². The molecule has 1 aliphatic rings. The average Bonchev–Trinajstić information content (AvgIpc) is 2.37. The van der Waals surface area contributed by atoms with Gasteiger partial charge in [0.05, 0.1) is 11.6 Å². The maximum atomic E-state index is 11.6. The Balaban J connectivity index is 2.55. The van der Waals surface area contributed by atoms with Crippen molar-refractivity contribution in [1.29, 1.82) is 0 Å². The largest absolute Gasteiger partial charge is 0.390 e. The summed E-state index contributed by atoms with van der Waals surface area (Å²) in [7, 11) is 0. The van der Waals surface area contributed by atoms with Crippen LogP contribution in [0.15, 0.2) is 0 Å². The van der Waals surface area contributed by atoms with Crippen molar-refractivity contribution in [2.24, 2.45) is 5.73 Å². The van der Waals surface area contributed by atoms with E-state index in [1.54, 1.807) is 6.92 Å². The molecule has 6 nitrogen and oxygen atoms in total. The van der Waals surface area contributed by atoms with E-state index in [9.17, 15) is 14.7 Å². The number of aliphatic hydroxyl groups is 1. The number of imide groups is 1. The summed E-state index contributed by atoms with van der Waals surface area (Å²) in [5.74, 6) is -0.390. The summed E-state index contributed by atoms with van der Waals surface area (Å²) in [6.07, 6.45) is 2.19. The van der Waals surface area contributed by atoms with Crippen molar-refractivity contribution in [1.82, 2.24) is 10.2 Å². The van der Waals surface area contributed by atoms with Crippen LogP contribution in [0.3, 0.4) is 0 Å². The predicted octanol–water partition coefficient (Wildman–Crippen LogP) is -0.193. The molecule has 1 aliphatic heterocycles. The van der Waals surface area contributed by atoms with E-state index in [-0.39, 0.29) is 5.91 Å². The molecule has 1 fully saturated rings. The first-order valence-electron chi connectivity index (χ1n) is 5.88. The van der Waals surface area contributed by atoms with Crippen molar-refractivity contribution in [2.45, 2.75) is 44.8 Å². The first-order chi connectivity index (χ1) is 7.82. The van der Waals surface area contributed by atoms with Crippen molar-refractivity contribution in [3.8, 4) is 0 Å². The number of hydrogen-bond acceptors (Lipinski definition) is 4. The number of hydrogen-bond donors (Lipinski definition) is 3. The fraction of sp³-hybridized carbons (Fsp3) is 0.818. The predicted molar refractivity (Wildman–Crippen MR) is 63.2 cm³/mol. The molecule has 2 unspecified atom stereocenters. The second-order valence-electron chi connectivity index (χ2n) is 4.92. The summed E-state index contributed by atoms with van der Waals surface area (Å²) in [5, 5.41) is 12.0. The van der Waals surface area contributed by atoms with Crippen LogP contribution in [-0.4, -0.2) is 46.7 Å². The monoisotopic (exact) mass is 243 g/mol. The standard InChI is InChI=1S/C11H21N3O3/c1-8(9(15)13-10(12)16)14-6-3-4-11(2,17)5-7-14/h8,17H,3-7H2,1-2H3,(H3,12,13,15,16). The van der Waals surface area contributed by atoms with Gasteiger partial charge >= 0.3 is 6.03 Å². The Morgan fingerprint density at radius 1 is 1.41 bits per heavy atom. The van der Waals surface area contributed by atoms with Crippen molar-refractivity contribution < 1.29 is 14.7 Å². The van der Waals surface area contributed by atoms with Crippen molar-refractivity contribution in [3.05, 3.63) is 0 Å². The van der Waals surface area contributed by atoms with E-state index in [2.05, 4.69) is 5.32 Å². The molecule has 0 aromatic carbocycles. The molecular weight excluding hydrogens is 222 g/mol. The molecule has 0 saturated carbocycles. The fourth-order valence-electron chi connectivity index (χ4n) is 2.06. The summed E-state index contributed by atoms with van der Waals surface area (Å²) in [5.41, 5.74) is 4.25. The second kappa shape index (κ2) is 5.46. The summed E-state index contributed by atoms with van der Waals surface area (Å²) in [6, 6.07) is -1.24. The van der Waals surface area contributed by atoms with E-state index in [1.165, 1.54) is 0 Å². The maximum absolute atomic E-state index is 11.6. The van der Waals surface area contributed by atoms with Crippen LogP contribution >= 0.6 is 0 Å². The van der Waals surface area contributed by atoms with Gasteiger partial charge in [-0.25, -0.2) is 4.79 Å². The van der Waals surface area contributed by atoms with E-state index in [0.717, 1.165) is 19.4 Å². The number of amides is 3. The van der Waals surface area contributed by atoms with Crippen LogP contribution in [0.1, 0.15) is 33.1 Å². The number of likely N-dealkylation sites (tertiary alicyclic amines) is 1. The summed E-state index contributed by atoms with van der Waals surface area (Å²) in [4.78, 5) is 24.2. The fourth-order valence-corrected chi connectivity index (χ4v) is 2.06. The lowest BCUT2D eigenvalue weighted by atomic mass is 9.98. The Kier molecular flexibility index (Phi) is 4.47. The number of carbonyl (C=O) groups is 2. The van der Waals surface area contributed by atoms with Crippen LogP contribution < -0.4 is 11.1 Å². The lowest BCUT2D eigenvalue weighted by molar-refractivity contribution is -0.124. The molecule has 2 atom stereocenters. The Labute approximate surface area is 101 Å². The second-order valence-corrected chi connectivity index (χ2v) is 4.92. The highest BCUT2D eigenvalue weighted by Crippen LogP contribution is 2.22. The molecule has 98 valence electrons. The van der Waals surface area contributed by atoms with Crippen LogP contribution in [0.2, 0.25) is 0 Å². The smallest absolute Gasteiger partial charge is 0.318 e. The molecule has 1 heterocycles. The summed E-state index contributed by atoms with van der Waals surface area (Å²) >= 11 is 0. The molecule has 3 amide bonds. The topological polar surface area (TPSA) is 95.7 Å². The van der Waals surface area contributed by atoms with E-state index < -0.39 is 17.7 Å². The molecule has 0 radical (unpaired) electrons. The van der Waals surface area contributed by atoms with Crippen molar-refractivity contribution >= 4 is 11.9 Å². The quantitative estimate of drug-likeness (QED) is 0.626. The maximum Gasteiger partial charge on any atom is 0.318 e. The SMILES string of the molecule is CC(C(=O)NC(N)=O)N1CCCC(C)(O)CC1. The molecule has 0 aromatic heterocycles. The molecule has 0 aliphatic carbocycles.